The van der Waals surface area contributed by atoms with Gasteiger partial charge < -0.3 is 9.80 Å². The predicted molar refractivity (Wildman–Crippen MR) is 109 cm³/mol. The van der Waals surface area contributed by atoms with E-state index in [1.165, 1.54) is 16.8 Å². The molecule has 3 rings (SSSR count). The van der Waals surface area contributed by atoms with Crippen molar-refractivity contribution in [2.24, 2.45) is 0 Å². The molecule has 0 amide bonds. The number of hydrogen-bond acceptors (Lipinski definition) is 6. The van der Waals surface area contributed by atoms with Gasteiger partial charge in [0, 0.05) is 31.9 Å². The summed E-state index contributed by atoms with van der Waals surface area (Å²) in [6.07, 6.45) is 0. The molecule has 1 aromatic carbocycles. The van der Waals surface area contributed by atoms with Crippen molar-refractivity contribution in [3.05, 3.63) is 41.5 Å². The van der Waals surface area contributed by atoms with Crippen molar-refractivity contribution in [3.8, 4) is 0 Å². The molecule has 0 N–H and O–H groups in total. The maximum absolute atomic E-state index is 12.5. The second-order valence-corrected chi connectivity index (χ2v) is 10.8. The Kier molecular flexibility index (Phi) is 5.16. The van der Waals surface area contributed by atoms with E-state index in [-0.39, 0.29) is 5.03 Å². The first-order valence-corrected chi connectivity index (χ1v) is 10.7. The quantitative estimate of drug-likeness (QED) is 0.805. The van der Waals surface area contributed by atoms with Crippen molar-refractivity contribution >= 4 is 21.3 Å². The van der Waals surface area contributed by atoms with Gasteiger partial charge in [0.2, 0.25) is 9.84 Å². The van der Waals surface area contributed by atoms with Gasteiger partial charge in [-0.05, 0) is 63.9 Å². The van der Waals surface area contributed by atoms with Gasteiger partial charge in [0.25, 0.3) is 0 Å². The Morgan fingerprint density at radius 3 is 2.07 bits per heavy atom. The van der Waals surface area contributed by atoms with Crippen LogP contribution in [0.15, 0.2) is 35.4 Å². The molecule has 0 bridgehead atoms. The molecule has 0 unspecified atom stereocenters. The van der Waals surface area contributed by atoms with Crippen LogP contribution in [0.2, 0.25) is 0 Å². The highest BCUT2D eigenvalue weighted by Crippen LogP contribution is 2.26. The minimum atomic E-state index is -3.48. The van der Waals surface area contributed by atoms with Crippen LogP contribution in [-0.4, -0.2) is 49.5 Å². The summed E-state index contributed by atoms with van der Waals surface area (Å²) in [6.45, 7) is 12.7. The minimum Gasteiger partial charge on any atom is -0.368 e. The zero-order valence-corrected chi connectivity index (χ0v) is 17.5. The lowest BCUT2D eigenvalue weighted by Crippen LogP contribution is -2.47. The Labute approximate surface area is 162 Å². The van der Waals surface area contributed by atoms with E-state index in [9.17, 15) is 8.42 Å². The van der Waals surface area contributed by atoms with Gasteiger partial charge in [0.15, 0.2) is 10.8 Å². The molecule has 1 aliphatic rings. The largest absolute Gasteiger partial charge is 0.368 e. The SMILES string of the molecule is Cc1ccc(C)c(N2CCN(c3ccc(S(=O)(=O)C(C)(C)C)nn3)CC2)c1. The molecular weight excluding hydrogens is 360 g/mol. The molecule has 0 aliphatic carbocycles. The number of piperazine rings is 1. The van der Waals surface area contributed by atoms with Crippen LogP contribution in [0.1, 0.15) is 31.9 Å². The summed E-state index contributed by atoms with van der Waals surface area (Å²) < 4.78 is 24.1. The summed E-state index contributed by atoms with van der Waals surface area (Å²) >= 11 is 0. The van der Waals surface area contributed by atoms with E-state index < -0.39 is 14.6 Å². The van der Waals surface area contributed by atoms with Crippen LogP contribution in [0.25, 0.3) is 0 Å². The fourth-order valence-corrected chi connectivity index (χ4v) is 4.20. The molecule has 7 heteroatoms. The van der Waals surface area contributed by atoms with E-state index in [2.05, 4.69) is 52.0 Å². The lowest BCUT2D eigenvalue weighted by molar-refractivity contribution is 0.553. The molecule has 1 aromatic heterocycles. The molecule has 2 aromatic rings. The van der Waals surface area contributed by atoms with E-state index in [0.29, 0.717) is 0 Å². The number of hydrogen-bond donors (Lipinski definition) is 0. The van der Waals surface area contributed by atoms with Gasteiger partial charge in [-0.1, -0.05) is 12.1 Å². The monoisotopic (exact) mass is 388 g/mol. The molecule has 2 heterocycles. The van der Waals surface area contributed by atoms with Gasteiger partial charge in [-0.3, -0.25) is 0 Å². The van der Waals surface area contributed by atoms with Crippen molar-refractivity contribution in [2.45, 2.75) is 44.4 Å². The lowest BCUT2D eigenvalue weighted by Gasteiger charge is -2.37. The number of rotatable bonds is 3. The molecule has 146 valence electrons. The third-order valence-electron chi connectivity index (χ3n) is 5.02. The van der Waals surface area contributed by atoms with Crippen molar-refractivity contribution in [1.82, 2.24) is 10.2 Å². The summed E-state index contributed by atoms with van der Waals surface area (Å²) in [4.78, 5) is 4.55. The molecule has 27 heavy (non-hydrogen) atoms. The second kappa shape index (κ2) is 7.11. The molecule has 0 atom stereocenters. The molecule has 1 fully saturated rings. The van der Waals surface area contributed by atoms with Crippen LogP contribution in [0.3, 0.4) is 0 Å². The number of anilines is 2. The van der Waals surface area contributed by atoms with Gasteiger partial charge in [-0.2, -0.15) is 0 Å². The van der Waals surface area contributed by atoms with Crippen LogP contribution in [0.4, 0.5) is 11.5 Å². The Morgan fingerprint density at radius 1 is 0.889 bits per heavy atom. The van der Waals surface area contributed by atoms with Crippen LogP contribution in [0, 0.1) is 13.8 Å². The topological polar surface area (TPSA) is 66.4 Å². The maximum Gasteiger partial charge on any atom is 0.202 e. The van der Waals surface area contributed by atoms with Crippen LogP contribution in [-0.2, 0) is 9.84 Å². The Morgan fingerprint density at radius 2 is 1.52 bits per heavy atom. The van der Waals surface area contributed by atoms with Crippen LogP contribution >= 0.6 is 0 Å². The first kappa shape index (κ1) is 19.6. The fraction of sp³-hybridized carbons (Fsp3) is 0.500. The Balaban J connectivity index is 1.71. The van der Waals surface area contributed by atoms with E-state index in [4.69, 9.17) is 0 Å². The first-order chi connectivity index (χ1) is 12.6. The van der Waals surface area contributed by atoms with Gasteiger partial charge in [0.1, 0.15) is 0 Å². The highest BCUT2D eigenvalue weighted by molar-refractivity contribution is 7.92. The van der Waals surface area contributed by atoms with Gasteiger partial charge in [-0.15, -0.1) is 10.2 Å². The second-order valence-electron chi connectivity index (χ2n) is 8.11. The van der Waals surface area contributed by atoms with Crippen molar-refractivity contribution in [1.29, 1.82) is 0 Å². The zero-order valence-electron chi connectivity index (χ0n) is 16.7. The fourth-order valence-electron chi connectivity index (χ4n) is 3.18. The highest BCUT2D eigenvalue weighted by atomic mass is 32.2. The summed E-state index contributed by atoms with van der Waals surface area (Å²) in [5.41, 5.74) is 3.83. The van der Waals surface area contributed by atoms with Gasteiger partial charge >= 0.3 is 0 Å². The molecular formula is C20H28N4O2S. The predicted octanol–water partition coefficient (Wildman–Crippen LogP) is 2.99. The average molecular weight is 389 g/mol. The van der Waals surface area contributed by atoms with E-state index in [1.54, 1.807) is 32.9 Å². The number of aryl methyl sites for hydroxylation is 2. The maximum atomic E-state index is 12.5. The van der Waals surface area contributed by atoms with Crippen LogP contribution in [0.5, 0.6) is 0 Å². The third-order valence-corrected chi connectivity index (χ3v) is 7.40. The van der Waals surface area contributed by atoms with Crippen molar-refractivity contribution < 1.29 is 8.42 Å². The molecule has 1 aliphatic heterocycles. The normalized spacial score (nSPS) is 15.9. The number of sulfone groups is 1. The van der Waals surface area contributed by atoms with E-state index in [1.807, 2.05) is 0 Å². The third kappa shape index (κ3) is 3.93. The summed E-state index contributed by atoms with van der Waals surface area (Å²) in [5.74, 6) is 0.725. The average Bonchev–Trinajstić information content (AvgIpc) is 2.63. The smallest absolute Gasteiger partial charge is 0.202 e. The molecule has 1 saturated heterocycles. The lowest BCUT2D eigenvalue weighted by atomic mass is 10.1. The Bertz CT molecular complexity index is 910. The van der Waals surface area contributed by atoms with Gasteiger partial charge in [0.05, 0.1) is 4.75 Å². The van der Waals surface area contributed by atoms with E-state index >= 15 is 0 Å². The van der Waals surface area contributed by atoms with Crippen molar-refractivity contribution in [3.63, 3.8) is 0 Å². The number of benzene rings is 1. The number of aromatic nitrogens is 2. The molecule has 0 radical (unpaired) electrons. The van der Waals surface area contributed by atoms with Gasteiger partial charge in [-0.25, -0.2) is 8.42 Å². The van der Waals surface area contributed by atoms with Crippen molar-refractivity contribution in [2.75, 3.05) is 36.0 Å². The molecule has 6 nitrogen and oxygen atoms in total. The first-order valence-electron chi connectivity index (χ1n) is 9.25. The summed E-state index contributed by atoms with van der Waals surface area (Å²) in [5, 5.41) is 8.23. The highest BCUT2D eigenvalue weighted by Gasteiger charge is 2.32. The summed E-state index contributed by atoms with van der Waals surface area (Å²) in [6, 6.07) is 9.87. The summed E-state index contributed by atoms with van der Waals surface area (Å²) in [7, 11) is -3.48. The standard InChI is InChI=1S/C20H28N4O2S/c1-15-6-7-16(2)17(14-15)23-10-12-24(13-11-23)18-8-9-19(22-21-18)27(25,26)20(3,4)5/h6-9,14H,10-13H2,1-5H3. The number of nitrogens with zero attached hydrogens (tertiary/aromatic N) is 4. The molecule has 0 spiro atoms. The zero-order chi connectivity index (χ0) is 19.8. The minimum absolute atomic E-state index is 0.0350. The van der Waals surface area contributed by atoms with E-state index in [0.717, 1.165) is 32.0 Å². The molecule has 0 saturated carbocycles. The van der Waals surface area contributed by atoms with Crippen LogP contribution < -0.4 is 9.80 Å². The Hall–Kier alpha value is -2.15.